The third-order valence-electron chi connectivity index (χ3n) is 2.95. The van der Waals surface area contributed by atoms with Crippen LogP contribution in [0.4, 0.5) is 0 Å². The van der Waals surface area contributed by atoms with Crippen LogP contribution in [0.2, 0.25) is 0 Å². The van der Waals surface area contributed by atoms with E-state index in [0.717, 1.165) is 16.0 Å². The lowest BCUT2D eigenvalue weighted by Gasteiger charge is -2.15. The Morgan fingerprint density at radius 1 is 1.05 bits per heavy atom. The second-order valence-corrected chi connectivity index (χ2v) is 5.98. The number of aliphatic hydroxyl groups excluding tert-OH is 1. The molecule has 2 nitrogen and oxygen atoms in total. The average Bonchev–Trinajstić information content (AvgIpc) is 2.52. The number of hydrogen-bond acceptors (Lipinski definition) is 4. The first-order valence-corrected chi connectivity index (χ1v) is 8.75. The van der Waals surface area contributed by atoms with E-state index in [9.17, 15) is 5.11 Å². The van der Waals surface area contributed by atoms with Gasteiger partial charge in [-0.2, -0.15) is 0 Å². The van der Waals surface area contributed by atoms with Crippen LogP contribution in [-0.2, 0) is 11.3 Å². The molecule has 1 unspecified atom stereocenters. The number of benzene rings is 2. The molecule has 0 aromatic heterocycles. The summed E-state index contributed by atoms with van der Waals surface area (Å²) in [6.45, 7) is 0.401. The zero-order chi connectivity index (χ0) is 14.4. The highest BCUT2D eigenvalue weighted by molar-refractivity contribution is 7.98. The van der Waals surface area contributed by atoms with E-state index >= 15 is 0 Å². The summed E-state index contributed by atoms with van der Waals surface area (Å²) in [7, 11) is 0. The maximum Gasteiger partial charge on any atom is 0.182 e. The topological polar surface area (TPSA) is 29.5 Å². The second-order valence-electron chi connectivity index (χ2n) is 4.26. The van der Waals surface area contributed by atoms with Crippen molar-refractivity contribution in [2.45, 2.75) is 22.7 Å². The summed E-state index contributed by atoms with van der Waals surface area (Å²) >= 11 is 3.31. The molecule has 1 atom stereocenters. The van der Waals surface area contributed by atoms with E-state index in [0.29, 0.717) is 6.61 Å². The molecule has 0 bridgehead atoms. The molecule has 0 spiro atoms. The molecule has 1 N–H and O–H groups in total. The van der Waals surface area contributed by atoms with Crippen LogP contribution >= 0.6 is 23.5 Å². The summed E-state index contributed by atoms with van der Waals surface area (Å²) in [4.78, 5) is 2.24. The first-order valence-electron chi connectivity index (χ1n) is 6.30. The lowest BCUT2D eigenvalue weighted by Crippen LogP contribution is -2.04. The smallest absolute Gasteiger partial charge is 0.182 e. The SMILES string of the molecule is CSc1cccc(COC(O)c2ccccc2SC)c1. The molecule has 2 aromatic rings. The third kappa shape index (κ3) is 4.03. The standard InChI is InChI=1S/C16H18O2S2/c1-19-13-7-5-6-12(10-13)11-18-16(17)14-8-3-4-9-15(14)20-2/h3-10,16-17H,11H2,1-2H3. The van der Waals surface area contributed by atoms with Gasteiger partial charge in [-0.05, 0) is 36.3 Å². The van der Waals surface area contributed by atoms with Crippen molar-refractivity contribution >= 4 is 23.5 Å². The molecule has 0 saturated heterocycles. The summed E-state index contributed by atoms with van der Waals surface area (Å²) in [5.41, 5.74) is 1.89. The third-order valence-corrected chi connectivity index (χ3v) is 4.48. The lowest BCUT2D eigenvalue weighted by molar-refractivity contribution is -0.113. The summed E-state index contributed by atoms with van der Waals surface area (Å²) in [6, 6.07) is 15.9. The number of ether oxygens (including phenoxy) is 1. The van der Waals surface area contributed by atoms with Crippen LogP contribution in [-0.4, -0.2) is 17.6 Å². The van der Waals surface area contributed by atoms with E-state index < -0.39 is 6.29 Å². The van der Waals surface area contributed by atoms with E-state index in [4.69, 9.17) is 4.74 Å². The lowest BCUT2D eigenvalue weighted by atomic mass is 10.2. The van der Waals surface area contributed by atoms with Gasteiger partial charge in [0.15, 0.2) is 6.29 Å². The maximum absolute atomic E-state index is 10.2. The van der Waals surface area contributed by atoms with Gasteiger partial charge in [0.05, 0.1) is 6.61 Å². The highest BCUT2D eigenvalue weighted by atomic mass is 32.2. The Bertz CT molecular complexity index is 558. The van der Waals surface area contributed by atoms with E-state index in [2.05, 4.69) is 12.1 Å². The van der Waals surface area contributed by atoms with Crippen LogP contribution in [0.3, 0.4) is 0 Å². The Balaban J connectivity index is 2.02. The van der Waals surface area contributed by atoms with Gasteiger partial charge in [-0.25, -0.2) is 0 Å². The molecular formula is C16H18O2S2. The first kappa shape index (κ1) is 15.4. The normalized spacial score (nSPS) is 12.3. The molecule has 0 aliphatic heterocycles. The fourth-order valence-electron chi connectivity index (χ4n) is 1.90. The predicted octanol–water partition coefficient (Wildman–Crippen LogP) is 4.34. The molecule has 0 radical (unpaired) electrons. The zero-order valence-electron chi connectivity index (χ0n) is 11.6. The van der Waals surface area contributed by atoms with Crippen LogP contribution in [0, 0.1) is 0 Å². The predicted molar refractivity (Wildman–Crippen MR) is 86.2 cm³/mol. The van der Waals surface area contributed by atoms with Gasteiger partial charge >= 0.3 is 0 Å². The fraction of sp³-hybridized carbons (Fsp3) is 0.250. The van der Waals surface area contributed by atoms with Crippen molar-refractivity contribution in [1.82, 2.24) is 0 Å². The second kappa shape index (κ2) is 7.74. The molecule has 106 valence electrons. The van der Waals surface area contributed by atoms with Crippen molar-refractivity contribution in [3.8, 4) is 0 Å². The van der Waals surface area contributed by atoms with Gasteiger partial charge in [0, 0.05) is 15.4 Å². The molecule has 0 saturated carbocycles. The van der Waals surface area contributed by atoms with E-state index in [1.165, 1.54) is 4.90 Å². The summed E-state index contributed by atoms with van der Waals surface area (Å²) in [5, 5.41) is 10.2. The zero-order valence-corrected chi connectivity index (χ0v) is 13.2. The Morgan fingerprint density at radius 3 is 2.60 bits per heavy atom. The largest absolute Gasteiger partial charge is 0.364 e. The summed E-state index contributed by atoms with van der Waals surface area (Å²) in [5.74, 6) is 0. The minimum absolute atomic E-state index is 0.401. The van der Waals surface area contributed by atoms with Gasteiger partial charge < -0.3 is 9.84 Å². The quantitative estimate of drug-likeness (QED) is 0.635. The van der Waals surface area contributed by atoms with Gasteiger partial charge in [-0.1, -0.05) is 30.3 Å². The molecule has 0 heterocycles. The van der Waals surface area contributed by atoms with Crippen molar-refractivity contribution in [3.63, 3.8) is 0 Å². The Labute approximate surface area is 128 Å². The van der Waals surface area contributed by atoms with Gasteiger partial charge in [-0.3, -0.25) is 0 Å². The van der Waals surface area contributed by atoms with E-state index in [1.54, 1.807) is 23.5 Å². The molecule has 0 amide bonds. The Morgan fingerprint density at radius 2 is 1.85 bits per heavy atom. The number of thioether (sulfide) groups is 2. The number of hydrogen-bond donors (Lipinski definition) is 1. The Hall–Kier alpha value is -0.940. The van der Waals surface area contributed by atoms with Gasteiger partial charge in [-0.15, -0.1) is 23.5 Å². The molecule has 2 aromatic carbocycles. The molecule has 4 heteroatoms. The summed E-state index contributed by atoms with van der Waals surface area (Å²) < 4.78 is 5.59. The molecular weight excluding hydrogens is 288 g/mol. The van der Waals surface area contributed by atoms with Crippen LogP contribution in [0.1, 0.15) is 17.4 Å². The van der Waals surface area contributed by atoms with Crippen molar-refractivity contribution in [1.29, 1.82) is 0 Å². The molecule has 0 aliphatic carbocycles. The summed E-state index contributed by atoms with van der Waals surface area (Å²) in [6.07, 6.45) is 3.15. The molecule has 0 aliphatic rings. The van der Waals surface area contributed by atoms with Crippen LogP contribution in [0.5, 0.6) is 0 Å². The van der Waals surface area contributed by atoms with Crippen molar-refractivity contribution in [3.05, 3.63) is 59.7 Å². The fourth-order valence-corrected chi connectivity index (χ4v) is 3.00. The van der Waals surface area contributed by atoms with Crippen molar-refractivity contribution in [2.24, 2.45) is 0 Å². The van der Waals surface area contributed by atoms with Gasteiger partial charge in [0.2, 0.25) is 0 Å². The molecule has 2 rings (SSSR count). The minimum Gasteiger partial charge on any atom is -0.364 e. The highest BCUT2D eigenvalue weighted by Crippen LogP contribution is 2.27. The van der Waals surface area contributed by atoms with E-state index in [-0.39, 0.29) is 0 Å². The molecule has 0 fully saturated rings. The van der Waals surface area contributed by atoms with Crippen LogP contribution in [0.25, 0.3) is 0 Å². The first-order chi connectivity index (χ1) is 9.74. The Kier molecular flexibility index (Phi) is 5.98. The van der Waals surface area contributed by atoms with Crippen molar-refractivity contribution in [2.75, 3.05) is 12.5 Å². The maximum atomic E-state index is 10.2. The minimum atomic E-state index is -0.892. The van der Waals surface area contributed by atoms with Crippen molar-refractivity contribution < 1.29 is 9.84 Å². The van der Waals surface area contributed by atoms with Crippen LogP contribution < -0.4 is 0 Å². The highest BCUT2D eigenvalue weighted by Gasteiger charge is 2.12. The van der Waals surface area contributed by atoms with Crippen LogP contribution in [0.15, 0.2) is 58.3 Å². The van der Waals surface area contributed by atoms with Gasteiger partial charge in [0.1, 0.15) is 0 Å². The van der Waals surface area contributed by atoms with E-state index in [1.807, 2.05) is 48.9 Å². The monoisotopic (exact) mass is 306 g/mol. The average molecular weight is 306 g/mol. The number of aliphatic hydroxyl groups is 1. The van der Waals surface area contributed by atoms with Gasteiger partial charge in [0.25, 0.3) is 0 Å². The molecule has 20 heavy (non-hydrogen) atoms. The number of rotatable bonds is 6.